The number of aryl methyl sites for hydroxylation is 1. The molecule has 0 spiro atoms. The van der Waals surface area contributed by atoms with Crippen LogP contribution in [0.25, 0.3) is 44.7 Å². The van der Waals surface area contributed by atoms with Crippen LogP contribution in [-0.2, 0) is 33.3 Å². The number of rotatable bonds is 12. The molecule has 1 aromatic carbocycles. The van der Waals surface area contributed by atoms with E-state index in [1.54, 1.807) is 19.4 Å². The Hall–Kier alpha value is -6.41. The number of likely N-dealkylation sites (tertiary alicyclic amines) is 2. The van der Waals surface area contributed by atoms with E-state index in [1.807, 2.05) is 42.5 Å². The van der Waals surface area contributed by atoms with Crippen LogP contribution in [0, 0.1) is 11.7 Å². The second-order valence-electron chi connectivity index (χ2n) is 19.1. The largest absolute Gasteiger partial charge is 0.383 e. The van der Waals surface area contributed by atoms with Crippen molar-refractivity contribution < 1.29 is 28.0 Å². The molecule has 0 unspecified atom stereocenters. The number of anilines is 2. The fourth-order valence-electron chi connectivity index (χ4n) is 9.73. The number of nitrogens with zero attached hydrogens (tertiary/aromatic N) is 12. The maximum absolute atomic E-state index is 16.1. The van der Waals surface area contributed by atoms with Gasteiger partial charge in [0.1, 0.15) is 35.7 Å². The van der Waals surface area contributed by atoms with Gasteiger partial charge in [-0.2, -0.15) is 10.2 Å². The standard InChI is InChI=1S/C46H55FN14O5/c1-46(2,3)61-44-35(41(48)51-25-52-44)37(54-61)38-34(40(66-56-38)29-5-6-29)42-49-21-27(22-50-42)14-20-65-24-33(63)59-17-9-26(10-18-59)23-58-15-11-28(12-16-58)30-7-8-31-39(36(30)47)57(4)55-43(31)60-19-13-32(62)53-45(60)64/h7-8,21-22,25-26,28-29H,5-6,9-20,23-24H2,1-4H3,(H2,48,51,52)(H,53,62,64). The summed E-state index contributed by atoms with van der Waals surface area (Å²) in [5.74, 6) is 2.03. The highest BCUT2D eigenvalue weighted by Crippen LogP contribution is 2.48. The van der Waals surface area contributed by atoms with E-state index in [9.17, 15) is 14.4 Å². The molecule has 20 heteroatoms. The summed E-state index contributed by atoms with van der Waals surface area (Å²) in [6.07, 6.45) is 11.2. The van der Waals surface area contributed by atoms with Gasteiger partial charge in [-0.3, -0.25) is 24.5 Å². The zero-order valence-electron chi connectivity index (χ0n) is 37.8. The Kier molecular flexibility index (Phi) is 11.5. The maximum atomic E-state index is 16.1. The van der Waals surface area contributed by atoms with Gasteiger partial charge >= 0.3 is 6.03 Å². The van der Waals surface area contributed by atoms with Gasteiger partial charge in [-0.05, 0) is 108 Å². The lowest BCUT2D eigenvalue weighted by Gasteiger charge is -2.38. The Morgan fingerprint density at radius 2 is 1.70 bits per heavy atom. The third kappa shape index (κ3) is 8.35. The molecule has 19 nitrogen and oxygen atoms in total. The van der Waals surface area contributed by atoms with E-state index in [-0.39, 0.29) is 54.6 Å². The Labute approximate surface area is 380 Å². The van der Waals surface area contributed by atoms with Gasteiger partial charge in [-0.25, -0.2) is 33.8 Å². The minimum Gasteiger partial charge on any atom is -0.383 e. The van der Waals surface area contributed by atoms with Crippen LogP contribution < -0.4 is 16.0 Å². The van der Waals surface area contributed by atoms with Gasteiger partial charge in [0.2, 0.25) is 11.8 Å². The molecule has 3 N–H and O–H groups in total. The molecular weight excluding hydrogens is 848 g/mol. The zero-order valence-corrected chi connectivity index (χ0v) is 37.8. The molecule has 0 radical (unpaired) electrons. The highest BCUT2D eigenvalue weighted by atomic mass is 19.1. The van der Waals surface area contributed by atoms with Gasteiger partial charge in [0.25, 0.3) is 0 Å². The van der Waals surface area contributed by atoms with Crippen molar-refractivity contribution in [1.82, 2.24) is 59.8 Å². The van der Waals surface area contributed by atoms with Crippen LogP contribution in [0.4, 0.5) is 20.8 Å². The summed E-state index contributed by atoms with van der Waals surface area (Å²) in [7, 11) is 1.68. The average molecular weight is 903 g/mol. The SMILES string of the molecule is Cn1nc(N2CCC(=O)NC2=O)c2ccc(C3CCN(CC4CCN(C(=O)COCCc5cnc(-c6c(-c7nn(C(C)(C)C)c8ncnc(N)c78)noc6C6CC6)nc5)CC4)CC3)c(F)c21. The smallest absolute Gasteiger partial charge is 0.329 e. The summed E-state index contributed by atoms with van der Waals surface area (Å²) in [5.41, 5.74) is 10.3. The first-order valence-corrected chi connectivity index (χ1v) is 23.0. The molecule has 66 heavy (non-hydrogen) atoms. The number of fused-ring (bicyclic) bond motifs is 2. The van der Waals surface area contributed by atoms with Gasteiger partial charge < -0.3 is 24.8 Å². The molecule has 4 amide bonds. The number of hydrogen-bond acceptors (Lipinski definition) is 14. The van der Waals surface area contributed by atoms with Crippen LogP contribution in [0.5, 0.6) is 0 Å². The molecule has 1 saturated carbocycles. The lowest BCUT2D eigenvalue weighted by Crippen LogP contribution is -2.49. The molecule has 0 bridgehead atoms. The molecule has 0 atom stereocenters. The van der Waals surface area contributed by atoms with Crippen LogP contribution in [-0.4, -0.2) is 125 Å². The van der Waals surface area contributed by atoms with Crippen LogP contribution >= 0.6 is 0 Å². The number of carbonyl (C=O) groups is 3. The van der Waals surface area contributed by atoms with Crippen molar-refractivity contribution in [2.45, 2.75) is 89.5 Å². The summed E-state index contributed by atoms with van der Waals surface area (Å²) in [6.45, 7) is 10.8. The molecular formula is C46H55FN14O5. The predicted octanol–water partition coefficient (Wildman–Crippen LogP) is 5.30. The van der Waals surface area contributed by atoms with Crippen molar-refractivity contribution in [3.63, 3.8) is 0 Å². The summed E-state index contributed by atoms with van der Waals surface area (Å²) >= 11 is 0. The molecule has 346 valence electrons. The van der Waals surface area contributed by atoms with Gasteiger partial charge in [-0.1, -0.05) is 11.2 Å². The van der Waals surface area contributed by atoms with Crippen molar-refractivity contribution in [1.29, 1.82) is 0 Å². The second kappa shape index (κ2) is 17.4. The van der Waals surface area contributed by atoms with E-state index in [0.29, 0.717) is 93.9 Å². The molecule has 8 heterocycles. The fourth-order valence-corrected chi connectivity index (χ4v) is 9.73. The maximum Gasteiger partial charge on any atom is 0.329 e. The monoisotopic (exact) mass is 902 g/mol. The third-order valence-corrected chi connectivity index (χ3v) is 13.5. The number of carbonyl (C=O) groups excluding carboxylic acids is 3. The van der Waals surface area contributed by atoms with Crippen LogP contribution in [0.3, 0.4) is 0 Å². The number of nitrogen functional groups attached to an aromatic ring is 1. The lowest BCUT2D eigenvalue weighted by atomic mass is 9.87. The first-order valence-electron chi connectivity index (χ1n) is 23.0. The molecule has 6 aromatic rings. The fraction of sp³-hybridized carbons (Fsp3) is 0.522. The van der Waals surface area contributed by atoms with Gasteiger partial charge in [0, 0.05) is 63.3 Å². The lowest BCUT2D eigenvalue weighted by molar-refractivity contribution is -0.137. The number of aromatic nitrogens is 9. The molecule has 4 aliphatic rings. The molecule has 4 fully saturated rings. The van der Waals surface area contributed by atoms with Crippen LogP contribution in [0.15, 0.2) is 35.4 Å². The van der Waals surface area contributed by atoms with Gasteiger partial charge in [0.05, 0.1) is 23.1 Å². The topological polar surface area (TPSA) is 221 Å². The van der Waals surface area contributed by atoms with Gasteiger partial charge in [0.15, 0.2) is 28.9 Å². The predicted molar refractivity (Wildman–Crippen MR) is 242 cm³/mol. The molecule has 1 aliphatic carbocycles. The minimum atomic E-state index is -0.543. The second-order valence-corrected chi connectivity index (χ2v) is 19.1. The number of halogens is 1. The molecule has 10 rings (SSSR count). The summed E-state index contributed by atoms with van der Waals surface area (Å²) in [4.78, 5) is 61.4. The Bertz CT molecular complexity index is 2810. The summed E-state index contributed by atoms with van der Waals surface area (Å²) < 4.78 is 31.2. The number of hydrogen-bond donors (Lipinski definition) is 2. The first kappa shape index (κ1) is 43.5. The normalized spacial score (nSPS) is 18.3. The van der Waals surface area contributed by atoms with Crippen LogP contribution in [0.2, 0.25) is 0 Å². The minimum absolute atomic E-state index is 0.00486. The first-order chi connectivity index (χ1) is 31.8. The van der Waals surface area contributed by atoms with Crippen molar-refractivity contribution in [2.75, 3.05) is 63.1 Å². The Morgan fingerprint density at radius 1 is 0.939 bits per heavy atom. The van der Waals surface area contributed by atoms with E-state index in [4.69, 9.17) is 30.1 Å². The van der Waals surface area contributed by atoms with E-state index < -0.39 is 6.03 Å². The van der Waals surface area contributed by atoms with Crippen LogP contribution in [0.1, 0.15) is 94.4 Å². The summed E-state index contributed by atoms with van der Waals surface area (Å²) in [6, 6.07) is 3.14. The van der Waals surface area contributed by atoms with E-state index in [2.05, 4.69) is 30.4 Å². The molecule has 3 saturated heterocycles. The summed E-state index contributed by atoms with van der Waals surface area (Å²) in [5, 5.41) is 17.4. The quantitative estimate of drug-likeness (QED) is 0.149. The molecule has 3 aliphatic heterocycles. The van der Waals surface area contributed by atoms with Gasteiger partial charge in [-0.15, -0.1) is 0 Å². The molecule has 5 aromatic heterocycles. The van der Waals surface area contributed by atoms with Crippen molar-refractivity contribution >= 4 is 51.4 Å². The zero-order chi connectivity index (χ0) is 45.9. The average Bonchev–Trinajstić information content (AvgIpc) is 3.77. The van der Waals surface area contributed by atoms with E-state index >= 15 is 4.39 Å². The number of nitrogens with two attached hydrogens (primary N) is 1. The Morgan fingerprint density at radius 3 is 2.41 bits per heavy atom. The number of piperidine rings is 2. The van der Waals surface area contributed by atoms with Crippen molar-refractivity contribution in [3.05, 3.63) is 53.6 Å². The van der Waals surface area contributed by atoms with E-state index in [1.165, 1.54) is 15.9 Å². The number of ether oxygens (including phenoxy) is 1. The highest BCUT2D eigenvalue weighted by Gasteiger charge is 2.37. The number of imide groups is 1. The number of nitrogens with one attached hydrogen (secondary N) is 1. The van der Waals surface area contributed by atoms with Crippen molar-refractivity contribution in [2.24, 2.45) is 13.0 Å². The third-order valence-electron chi connectivity index (χ3n) is 13.5. The number of benzene rings is 1. The van der Waals surface area contributed by atoms with Crippen molar-refractivity contribution in [3.8, 4) is 22.8 Å². The Balaban J connectivity index is 0.686. The van der Waals surface area contributed by atoms with E-state index in [0.717, 1.165) is 69.5 Å². The number of amides is 4. The number of urea groups is 1. The highest BCUT2D eigenvalue weighted by molar-refractivity contribution is 6.09.